The third kappa shape index (κ3) is 4.81. The molecule has 2 N–H and O–H groups in total. The fourth-order valence-corrected chi connectivity index (χ4v) is 2.04. The second-order valence-electron chi connectivity index (χ2n) is 4.91. The van der Waals surface area contributed by atoms with Crippen molar-refractivity contribution in [2.75, 3.05) is 12.0 Å². The highest BCUT2D eigenvalue weighted by atomic mass is 35.5. The van der Waals surface area contributed by atoms with Crippen molar-refractivity contribution in [2.24, 2.45) is 10.9 Å². The van der Waals surface area contributed by atoms with Crippen LogP contribution in [0, 0.1) is 12.8 Å². The van der Waals surface area contributed by atoms with E-state index in [1.165, 1.54) is 0 Å². The predicted molar refractivity (Wildman–Crippen MR) is 80.8 cm³/mol. The van der Waals surface area contributed by atoms with E-state index >= 15 is 0 Å². The molecular formula is C14H19ClF3N3. The van der Waals surface area contributed by atoms with Gasteiger partial charge in [-0.2, -0.15) is 13.2 Å². The molecule has 21 heavy (non-hydrogen) atoms. The van der Waals surface area contributed by atoms with Crippen LogP contribution in [0.1, 0.15) is 31.9 Å². The van der Waals surface area contributed by atoms with Gasteiger partial charge in [-0.15, -0.1) is 0 Å². The summed E-state index contributed by atoms with van der Waals surface area (Å²) in [6.07, 6.45) is -4.41. The number of alkyl halides is 3. The molecule has 0 aliphatic carbocycles. The summed E-state index contributed by atoms with van der Waals surface area (Å²) in [5.41, 5.74) is 5.81. The Morgan fingerprint density at radius 3 is 2.38 bits per heavy atom. The Kier molecular flexibility index (Phi) is 5.89. The number of nitrogens with one attached hydrogen (secondary N) is 2. The first-order valence-corrected chi connectivity index (χ1v) is 6.98. The molecule has 7 heteroatoms. The smallest absolute Gasteiger partial charge is 0.298 e. The van der Waals surface area contributed by atoms with Crippen LogP contribution in [0.4, 0.5) is 18.9 Å². The summed E-state index contributed by atoms with van der Waals surface area (Å²) < 4.78 is 38.1. The quantitative estimate of drug-likeness (QED) is 0.481. The highest BCUT2D eigenvalue weighted by Gasteiger charge is 2.31. The van der Waals surface area contributed by atoms with Crippen LogP contribution in [-0.2, 0) is 6.18 Å². The summed E-state index contributed by atoms with van der Waals surface area (Å²) >= 11 is 5.94. The average molecular weight is 322 g/mol. The largest absolute Gasteiger partial charge is 0.416 e. The molecule has 0 saturated carbocycles. The number of anilines is 1. The topological polar surface area (TPSA) is 36.4 Å². The molecule has 0 saturated heterocycles. The van der Waals surface area contributed by atoms with Crippen molar-refractivity contribution < 1.29 is 13.2 Å². The van der Waals surface area contributed by atoms with Gasteiger partial charge in [-0.05, 0) is 31.5 Å². The lowest BCUT2D eigenvalue weighted by Gasteiger charge is -2.18. The fourth-order valence-electron chi connectivity index (χ4n) is 1.73. The summed E-state index contributed by atoms with van der Waals surface area (Å²) in [7, 11) is 0. The zero-order valence-electron chi connectivity index (χ0n) is 12.4. The van der Waals surface area contributed by atoms with E-state index in [4.69, 9.17) is 11.6 Å². The van der Waals surface area contributed by atoms with Crippen LogP contribution in [0.2, 0.25) is 5.02 Å². The molecule has 118 valence electrons. The van der Waals surface area contributed by atoms with E-state index in [0.29, 0.717) is 23.6 Å². The molecule has 0 heterocycles. The van der Waals surface area contributed by atoms with Gasteiger partial charge in [-0.3, -0.25) is 15.8 Å². The SMILES string of the molecule is CCN=C(NNc1c(C)cc(C(F)(F)F)cc1Cl)C(C)C. The molecule has 0 spiro atoms. The maximum atomic E-state index is 12.7. The van der Waals surface area contributed by atoms with Crippen LogP contribution in [0.3, 0.4) is 0 Å². The molecule has 0 aliphatic rings. The zero-order chi connectivity index (χ0) is 16.2. The molecule has 0 amide bonds. The second-order valence-corrected chi connectivity index (χ2v) is 5.32. The van der Waals surface area contributed by atoms with Crippen molar-refractivity contribution in [3.05, 3.63) is 28.3 Å². The van der Waals surface area contributed by atoms with Crippen molar-refractivity contribution in [3.63, 3.8) is 0 Å². The highest BCUT2D eigenvalue weighted by Crippen LogP contribution is 2.35. The van der Waals surface area contributed by atoms with E-state index in [9.17, 15) is 13.2 Å². The van der Waals surface area contributed by atoms with Gasteiger partial charge in [0, 0.05) is 12.5 Å². The minimum atomic E-state index is -4.41. The molecule has 0 fully saturated rings. The van der Waals surface area contributed by atoms with Crippen molar-refractivity contribution >= 4 is 23.1 Å². The molecule has 0 aromatic heterocycles. The van der Waals surface area contributed by atoms with Crippen molar-refractivity contribution in [1.29, 1.82) is 0 Å². The number of hydrazine groups is 1. The zero-order valence-corrected chi connectivity index (χ0v) is 13.2. The van der Waals surface area contributed by atoms with Crippen LogP contribution in [0.5, 0.6) is 0 Å². The molecule has 0 aliphatic heterocycles. The number of benzene rings is 1. The van der Waals surface area contributed by atoms with Gasteiger partial charge in [0.25, 0.3) is 0 Å². The Hall–Kier alpha value is -1.43. The van der Waals surface area contributed by atoms with Crippen molar-refractivity contribution in [3.8, 4) is 0 Å². The monoisotopic (exact) mass is 321 g/mol. The predicted octanol–water partition coefficient (Wildman–Crippen LogP) is 4.66. The first-order valence-electron chi connectivity index (χ1n) is 6.60. The van der Waals surface area contributed by atoms with E-state index in [1.807, 2.05) is 20.8 Å². The van der Waals surface area contributed by atoms with E-state index < -0.39 is 11.7 Å². The summed E-state index contributed by atoms with van der Waals surface area (Å²) in [4.78, 5) is 4.27. The van der Waals surface area contributed by atoms with Gasteiger partial charge in [0.1, 0.15) is 5.84 Å². The lowest BCUT2D eigenvalue weighted by molar-refractivity contribution is -0.137. The number of nitrogens with zero attached hydrogens (tertiary/aromatic N) is 1. The molecule has 1 aromatic carbocycles. The number of hydrogen-bond donors (Lipinski definition) is 2. The van der Waals surface area contributed by atoms with Gasteiger partial charge in [-0.1, -0.05) is 25.4 Å². The lowest BCUT2D eigenvalue weighted by Crippen LogP contribution is -2.33. The molecule has 3 nitrogen and oxygen atoms in total. The maximum Gasteiger partial charge on any atom is 0.416 e. The Morgan fingerprint density at radius 2 is 1.95 bits per heavy atom. The van der Waals surface area contributed by atoms with Gasteiger partial charge < -0.3 is 0 Å². The van der Waals surface area contributed by atoms with Crippen LogP contribution in [0.25, 0.3) is 0 Å². The lowest BCUT2D eigenvalue weighted by atomic mass is 10.1. The third-order valence-electron chi connectivity index (χ3n) is 2.81. The first-order chi connectivity index (χ1) is 9.66. The first kappa shape index (κ1) is 17.6. The van der Waals surface area contributed by atoms with Crippen molar-refractivity contribution in [1.82, 2.24) is 5.43 Å². The third-order valence-corrected chi connectivity index (χ3v) is 3.10. The molecule has 0 atom stereocenters. The second kappa shape index (κ2) is 7.02. The molecular weight excluding hydrogens is 303 g/mol. The average Bonchev–Trinajstić information content (AvgIpc) is 2.34. The fraction of sp³-hybridized carbons (Fsp3) is 0.500. The van der Waals surface area contributed by atoms with Crippen LogP contribution >= 0.6 is 11.6 Å². The molecule has 0 bridgehead atoms. The number of amidine groups is 1. The van der Waals surface area contributed by atoms with Crippen LogP contribution in [-0.4, -0.2) is 12.4 Å². The van der Waals surface area contributed by atoms with E-state index in [0.717, 1.165) is 12.1 Å². The minimum absolute atomic E-state index is 0.00873. The van der Waals surface area contributed by atoms with Gasteiger partial charge in [0.15, 0.2) is 0 Å². The Balaban J connectivity index is 2.98. The molecule has 1 aromatic rings. The summed E-state index contributed by atoms with van der Waals surface area (Å²) in [5.74, 6) is 0.874. The molecule has 0 unspecified atom stereocenters. The Labute approximate surface area is 127 Å². The highest BCUT2D eigenvalue weighted by molar-refractivity contribution is 6.33. The summed E-state index contributed by atoms with van der Waals surface area (Å²) in [6.45, 7) is 8.01. The van der Waals surface area contributed by atoms with E-state index in [1.54, 1.807) is 6.92 Å². The van der Waals surface area contributed by atoms with E-state index in [-0.39, 0.29) is 10.9 Å². The minimum Gasteiger partial charge on any atom is -0.298 e. The maximum absolute atomic E-state index is 12.7. The van der Waals surface area contributed by atoms with Gasteiger partial charge in [0.05, 0.1) is 16.3 Å². The number of aliphatic imine (C=N–C) groups is 1. The summed E-state index contributed by atoms with van der Waals surface area (Å²) in [6, 6.07) is 1.96. The van der Waals surface area contributed by atoms with E-state index in [2.05, 4.69) is 15.8 Å². The van der Waals surface area contributed by atoms with Crippen LogP contribution < -0.4 is 10.9 Å². The number of halogens is 4. The Morgan fingerprint density at radius 1 is 1.33 bits per heavy atom. The number of aryl methyl sites for hydroxylation is 1. The molecule has 1 rings (SSSR count). The van der Waals surface area contributed by atoms with Gasteiger partial charge >= 0.3 is 6.18 Å². The van der Waals surface area contributed by atoms with Gasteiger partial charge in [0.2, 0.25) is 0 Å². The normalized spacial score (nSPS) is 12.7. The number of rotatable bonds is 4. The number of hydrogen-bond acceptors (Lipinski definition) is 2. The summed E-state index contributed by atoms with van der Waals surface area (Å²) in [5, 5.41) is 0.00873. The van der Waals surface area contributed by atoms with Crippen molar-refractivity contribution in [2.45, 2.75) is 33.9 Å². The Bertz CT molecular complexity index is 502. The molecule has 0 radical (unpaired) electrons. The standard InChI is InChI=1S/C14H19ClF3N3/c1-5-19-13(8(2)3)21-20-12-9(4)6-10(7-11(12)15)14(16,17)18/h6-8,20H,5H2,1-4H3,(H,19,21). The van der Waals surface area contributed by atoms with Crippen LogP contribution in [0.15, 0.2) is 17.1 Å². The van der Waals surface area contributed by atoms with Gasteiger partial charge in [-0.25, -0.2) is 0 Å².